The Kier molecular flexibility index (Phi) is 9.33. The zero-order valence-corrected chi connectivity index (χ0v) is 28.3. The van der Waals surface area contributed by atoms with Crippen LogP contribution in [0.1, 0.15) is 46.5 Å². The second kappa shape index (κ2) is 13.3. The number of fused-ring (bicyclic) bond motifs is 2. The van der Waals surface area contributed by atoms with Gasteiger partial charge in [-0.1, -0.05) is 81.5 Å². The van der Waals surface area contributed by atoms with Crippen LogP contribution in [0.2, 0.25) is 0 Å². The number of anilines is 2. The Morgan fingerprint density at radius 1 is 0.938 bits per heavy atom. The van der Waals surface area contributed by atoms with Crippen molar-refractivity contribution in [1.82, 2.24) is 4.90 Å². The number of carbonyl (C=O) groups is 3. The molecule has 3 amide bonds. The molecule has 1 spiro atoms. The highest BCUT2D eigenvalue weighted by atomic mass is 16.5. The minimum absolute atomic E-state index is 0.145. The Morgan fingerprint density at radius 3 is 2.21 bits per heavy atom. The van der Waals surface area contributed by atoms with Crippen LogP contribution in [0.5, 0.6) is 0 Å². The van der Waals surface area contributed by atoms with Gasteiger partial charge < -0.3 is 24.5 Å². The van der Waals surface area contributed by atoms with Gasteiger partial charge in [-0.15, -0.1) is 13.2 Å². The fourth-order valence-corrected chi connectivity index (χ4v) is 8.70. The number of hydrogen-bond acceptors (Lipinski definition) is 5. The molecular formula is C40H47N3O5. The van der Waals surface area contributed by atoms with E-state index in [1.54, 1.807) is 26.9 Å². The lowest BCUT2D eigenvalue weighted by Gasteiger charge is -2.40. The number of benzene rings is 3. The summed E-state index contributed by atoms with van der Waals surface area (Å²) in [7, 11) is 0. The van der Waals surface area contributed by atoms with Crippen LogP contribution in [0.3, 0.4) is 0 Å². The van der Waals surface area contributed by atoms with Gasteiger partial charge in [-0.2, -0.15) is 0 Å². The molecule has 3 heterocycles. The maximum Gasteiger partial charge on any atom is 0.253 e. The average Bonchev–Trinajstić information content (AvgIpc) is 3.71. The summed E-state index contributed by atoms with van der Waals surface area (Å²) in [4.78, 5) is 50.0. The van der Waals surface area contributed by atoms with Crippen molar-refractivity contribution in [2.45, 2.75) is 69.7 Å². The first kappa shape index (κ1) is 33.6. The van der Waals surface area contributed by atoms with Crippen LogP contribution in [0.25, 0.3) is 10.8 Å². The minimum Gasteiger partial charge on any atom is -0.394 e. The van der Waals surface area contributed by atoms with Gasteiger partial charge in [0.25, 0.3) is 5.91 Å². The van der Waals surface area contributed by atoms with Gasteiger partial charge >= 0.3 is 0 Å². The number of rotatable bonds is 13. The highest BCUT2D eigenvalue weighted by Gasteiger charge is 2.79. The van der Waals surface area contributed by atoms with Gasteiger partial charge in [0.05, 0.1) is 30.1 Å². The number of ether oxygens (including phenoxy) is 1. The third kappa shape index (κ3) is 5.35. The van der Waals surface area contributed by atoms with Crippen molar-refractivity contribution in [3.63, 3.8) is 0 Å². The summed E-state index contributed by atoms with van der Waals surface area (Å²) in [6.45, 7) is 14.1. The summed E-state index contributed by atoms with van der Waals surface area (Å²) in [5.74, 6) is -2.36. The summed E-state index contributed by atoms with van der Waals surface area (Å²) in [6, 6.07) is 21.6. The van der Waals surface area contributed by atoms with E-state index < -0.39 is 35.1 Å². The van der Waals surface area contributed by atoms with Gasteiger partial charge in [-0.05, 0) is 66.6 Å². The van der Waals surface area contributed by atoms with E-state index in [0.29, 0.717) is 37.1 Å². The molecule has 48 heavy (non-hydrogen) atoms. The molecule has 0 saturated carbocycles. The summed E-state index contributed by atoms with van der Waals surface area (Å²) in [6.07, 6.45) is 5.38. The number of hydrogen-bond donors (Lipinski definition) is 1. The van der Waals surface area contributed by atoms with Crippen molar-refractivity contribution in [1.29, 1.82) is 0 Å². The molecule has 0 aromatic heterocycles. The molecule has 8 heteroatoms. The second-order valence-electron chi connectivity index (χ2n) is 13.9. The highest BCUT2D eigenvalue weighted by molar-refractivity contribution is 6.07. The number of nitrogens with zero attached hydrogens (tertiary/aromatic N) is 3. The fraction of sp³-hybridized carbons (Fsp3) is 0.425. The van der Waals surface area contributed by atoms with Crippen LogP contribution < -0.4 is 9.80 Å². The van der Waals surface area contributed by atoms with E-state index in [-0.39, 0.29) is 43.3 Å². The zero-order valence-electron chi connectivity index (χ0n) is 28.3. The van der Waals surface area contributed by atoms with Gasteiger partial charge in [-0.3, -0.25) is 14.4 Å². The zero-order chi connectivity index (χ0) is 34.2. The van der Waals surface area contributed by atoms with Crippen LogP contribution in [-0.4, -0.2) is 70.7 Å². The molecule has 8 nitrogen and oxygen atoms in total. The monoisotopic (exact) mass is 649 g/mol. The molecule has 252 valence electrons. The number of aliphatic hydroxyl groups excluding tert-OH is 1. The maximum absolute atomic E-state index is 15.2. The molecule has 3 aliphatic rings. The molecule has 3 saturated heterocycles. The molecule has 3 aromatic carbocycles. The Morgan fingerprint density at radius 2 is 1.58 bits per heavy atom. The van der Waals surface area contributed by atoms with Gasteiger partial charge in [0.15, 0.2) is 0 Å². The molecular weight excluding hydrogens is 602 g/mol. The van der Waals surface area contributed by atoms with Gasteiger partial charge in [0, 0.05) is 24.5 Å². The Balaban J connectivity index is 1.49. The van der Waals surface area contributed by atoms with Gasteiger partial charge in [0.2, 0.25) is 11.8 Å². The van der Waals surface area contributed by atoms with Gasteiger partial charge in [0.1, 0.15) is 11.6 Å². The second-order valence-corrected chi connectivity index (χ2v) is 13.9. The highest BCUT2D eigenvalue weighted by Crippen LogP contribution is 2.65. The number of likely N-dealkylation sites (tertiary alicyclic amines) is 1. The van der Waals surface area contributed by atoms with E-state index in [1.807, 2.05) is 93.6 Å². The van der Waals surface area contributed by atoms with Crippen LogP contribution in [-0.2, 0) is 19.1 Å². The Bertz CT molecular complexity index is 1710. The predicted molar refractivity (Wildman–Crippen MR) is 190 cm³/mol. The number of carbonyl (C=O) groups excluding carboxylic acids is 3. The third-order valence-electron chi connectivity index (χ3n) is 10.7. The van der Waals surface area contributed by atoms with Crippen molar-refractivity contribution in [3.05, 3.63) is 98.1 Å². The molecule has 1 N–H and O–H groups in total. The lowest BCUT2D eigenvalue weighted by molar-refractivity contribution is -0.149. The number of para-hydroxylation sites is 1. The smallest absolute Gasteiger partial charge is 0.253 e. The normalized spacial score (nSPS) is 26.5. The van der Waals surface area contributed by atoms with E-state index in [2.05, 4.69) is 13.2 Å². The van der Waals surface area contributed by atoms with E-state index in [0.717, 1.165) is 10.8 Å². The summed E-state index contributed by atoms with van der Waals surface area (Å²) in [5.41, 5.74) is -0.750. The molecule has 2 unspecified atom stereocenters. The SMILES string of the molecule is C=CCN(C(=O)C1N([C@@H](CO)CC(C)C)C(=O)[C@@H]2[C@@H](C(=O)N(CC=C)c3ccccc3)[C@@]3(CC)CCC12O3)c1ccc2ccccc2c1. The Hall–Kier alpha value is -4.27. The topological polar surface area (TPSA) is 90.4 Å². The van der Waals surface area contributed by atoms with Crippen molar-refractivity contribution < 1.29 is 24.2 Å². The van der Waals surface area contributed by atoms with Crippen LogP contribution in [0.15, 0.2) is 98.1 Å². The van der Waals surface area contributed by atoms with E-state index in [9.17, 15) is 9.90 Å². The van der Waals surface area contributed by atoms with Crippen molar-refractivity contribution >= 4 is 39.9 Å². The summed E-state index contributed by atoms with van der Waals surface area (Å²) < 4.78 is 7.10. The average molecular weight is 650 g/mol. The van der Waals surface area contributed by atoms with Crippen molar-refractivity contribution in [3.8, 4) is 0 Å². The minimum atomic E-state index is -1.23. The van der Waals surface area contributed by atoms with E-state index in [1.165, 1.54) is 0 Å². The lowest BCUT2D eigenvalue weighted by atomic mass is 9.64. The first-order valence-corrected chi connectivity index (χ1v) is 17.2. The van der Waals surface area contributed by atoms with Gasteiger partial charge in [-0.25, -0.2) is 0 Å². The lowest BCUT2D eigenvalue weighted by Crippen LogP contribution is -2.59. The largest absolute Gasteiger partial charge is 0.394 e. The quantitative estimate of drug-likeness (QED) is 0.225. The van der Waals surface area contributed by atoms with Crippen LogP contribution in [0, 0.1) is 17.8 Å². The maximum atomic E-state index is 15.2. The first-order chi connectivity index (χ1) is 23.2. The number of aliphatic hydroxyl groups is 1. The third-order valence-corrected chi connectivity index (χ3v) is 10.7. The molecule has 0 radical (unpaired) electrons. The molecule has 6 atom stereocenters. The van der Waals surface area contributed by atoms with Crippen molar-refractivity contribution in [2.24, 2.45) is 17.8 Å². The molecule has 6 rings (SSSR count). The predicted octanol–water partition coefficient (Wildman–Crippen LogP) is 6.14. The molecule has 3 aliphatic heterocycles. The molecule has 3 fully saturated rings. The van der Waals surface area contributed by atoms with E-state index >= 15 is 9.59 Å². The number of amides is 3. The first-order valence-electron chi connectivity index (χ1n) is 17.2. The Labute approximate surface area is 283 Å². The molecule has 2 bridgehead atoms. The molecule has 0 aliphatic carbocycles. The van der Waals surface area contributed by atoms with Crippen LogP contribution in [0.4, 0.5) is 11.4 Å². The standard InChI is InChI=1S/C40H47N3O5/c1-6-22-41(30-16-10-9-11-17-30)36(45)33-34-37(46)43(32(26-44)24-27(4)5)35(40(34)21-20-39(33,8-3)48-40)38(47)42(23-7-2)31-19-18-28-14-12-13-15-29(28)25-31/h6-7,9-19,25,27,32-35,44H,1-2,8,20-24,26H2,3-5H3/t32-,33+,34+,35?,39-,40?/m1/s1. The van der Waals surface area contributed by atoms with Crippen LogP contribution >= 0.6 is 0 Å². The van der Waals surface area contributed by atoms with Crippen molar-refractivity contribution in [2.75, 3.05) is 29.5 Å². The summed E-state index contributed by atoms with van der Waals surface area (Å²) >= 11 is 0. The molecule has 3 aromatic rings. The summed E-state index contributed by atoms with van der Waals surface area (Å²) in [5, 5.41) is 12.8. The fourth-order valence-electron chi connectivity index (χ4n) is 8.70. The van der Waals surface area contributed by atoms with E-state index in [4.69, 9.17) is 4.74 Å².